The second kappa shape index (κ2) is 11.7. The average Bonchev–Trinajstić information content (AvgIpc) is 2.69. The van der Waals surface area contributed by atoms with Crippen LogP contribution in [0.3, 0.4) is 0 Å². The number of methoxy groups -OCH3 is 1. The van der Waals surface area contributed by atoms with Gasteiger partial charge in [-0.25, -0.2) is 4.79 Å². The zero-order valence-corrected chi connectivity index (χ0v) is 18.6. The van der Waals surface area contributed by atoms with Crippen molar-refractivity contribution in [3.05, 3.63) is 10.4 Å². The van der Waals surface area contributed by atoms with Gasteiger partial charge in [-0.3, -0.25) is 14.4 Å². The fraction of sp³-hybridized carbons (Fsp3) is 0.765. The van der Waals surface area contributed by atoms with Crippen LogP contribution in [0, 0.1) is 0 Å². The van der Waals surface area contributed by atoms with Crippen molar-refractivity contribution in [1.29, 1.82) is 0 Å². The van der Waals surface area contributed by atoms with E-state index in [0.717, 1.165) is 32.7 Å². The van der Waals surface area contributed by atoms with Crippen LogP contribution in [0.4, 0.5) is 0 Å². The maximum Gasteiger partial charge on any atom is 0.348 e. The van der Waals surface area contributed by atoms with Gasteiger partial charge in [-0.2, -0.15) is 0 Å². The van der Waals surface area contributed by atoms with Crippen LogP contribution in [0.2, 0.25) is 0 Å². The third kappa shape index (κ3) is 6.99. The lowest BCUT2D eigenvalue weighted by molar-refractivity contribution is -0.217. The van der Waals surface area contributed by atoms with Gasteiger partial charge in [0.1, 0.15) is 18.3 Å². The van der Waals surface area contributed by atoms with E-state index < -0.39 is 65.8 Å². The molecule has 0 unspecified atom stereocenters. The molecule has 13 nitrogen and oxygen atoms in total. The van der Waals surface area contributed by atoms with E-state index in [1.54, 1.807) is 6.26 Å². The number of esters is 4. The number of rotatable bonds is 9. The number of hydrogen-bond donors (Lipinski definition) is 1. The van der Waals surface area contributed by atoms with Gasteiger partial charge in [-0.05, 0) is 11.8 Å². The topological polar surface area (TPSA) is 189 Å². The first-order valence-corrected chi connectivity index (χ1v) is 10.3. The molecule has 174 valence electrons. The Kier molecular flexibility index (Phi) is 10.0. The SMILES string of the molecule is COC(=O)[C@@]1(SC)C[C@H](OC(C)=O)[C@@H](N)[C@H]([C@H](OC(C)=O)[C@@H](CN=[N+]=[N-])OC(C)=O)O1. The Labute approximate surface area is 182 Å². The number of ether oxygens (including phenoxy) is 5. The number of nitrogens with two attached hydrogens (primary N) is 1. The Balaban J connectivity index is 3.52. The summed E-state index contributed by atoms with van der Waals surface area (Å²) in [4.78, 5) is 48.5. The number of carbonyl (C=O) groups is 4. The van der Waals surface area contributed by atoms with Crippen LogP contribution in [-0.2, 0) is 42.9 Å². The standard InChI is InChI=1S/C17H26N4O9S/c1-8(22)27-11-6-17(31-5,16(25)26-4)30-15(13(11)18)14(29-10(3)24)12(7-20-21-19)28-9(2)23/h11-15H,6-7,18H2,1-5H3/t11-,12+,13+,14+,15+,17-/m0/s1. The first kappa shape index (κ1) is 26.5. The minimum Gasteiger partial charge on any atom is -0.466 e. The van der Waals surface area contributed by atoms with Gasteiger partial charge in [0, 0.05) is 32.1 Å². The highest BCUT2D eigenvalue weighted by molar-refractivity contribution is 8.00. The van der Waals surface area contributed by atoms with E-state index in [-0.39, 0.29) is 6.42 Å². The van der Waals surface area contributed by atoms with Crippen molar-refractivity contribution in [3.8, 4) is 0 Å². The van der Waals surface area contributed by atoms with E-state index in [4.69, 9.17) is 34.9 Å². The molecule has 1 rings (SSSR count). The van der Waals surface area contributed by atoms with Gasteiger partial charge in [0.15, 0.2) is 6.10 Å². The van der Waals surface area contributed by atoms with Crippen molar-refractivity contribution in [3.63, 3.8) is 0 Å². The summed E-state index contributed by atoms with van der Waals surface area (Å²) in [5.41, 5.74) is 14.9. The normalized spacial score (nSPS) is 27.1. The molecule has 0 bridgehead atoms. The molecule has 1 aliphatic rings. The largest absolute Gasteiger partial charge is 0.466 e. The quantitative estimate of drug-likeness (QED) is 0.164. The monoisotopic (exact) mass is 462 g/mol. The number of thioether (sulfide) groups is 1. The van der Waals surface area contributed by atoms with Crippen LogP contribution in [0.1, 0.15) is 27.2 Å². The molecule has 0 radical (unpaired) electrons. The van der Waals surface area contributed by atoms with Gasteiger partial charge < -0.3 is 29.4 Å². The van der Waals surface area contributed by atoms with Gasteiger partial charge in [0.2, 0.25) is 4.93 Å². The highest BCUT2D eigenvalue weighted by atomic mass is 32.2. The van der Waals surface area contributed by atoms with Crippen molar-refractivity contribution in [2.24, 2.45) is 10.8 Å². The second-order valence-corrected chi connectivity index (χ2v) is 7.66. The predicted octanol–water partition coefficient (Wildman–Crippen LogP) is 0.440. The molecule has 0 amide bonds. The van der Waals surface area contributed by atoms with Crippen LogP contribution in [0.5, 0.6) is 0 Å². The fourth-order valence-corrected chi connectivity index (χ4v) is 3.95. The third-order valence-electron chi connectivity index (χ3n) is 4.38. The summed E-state index contributed by atoms with van der Waals surface area (Å²) >= 11 is 0.968. The van der Waals surface area contributed by atoms with Crippen LogP contribution in [0.15, 0.2) is 5.11 Å². The number of azide groups is 1. The summed E-state index contributed by atoms with van der Waals surface area (Å²) in [6, 6.07) is -1.10. The maximum atomic E-state index is 12.6. The van der Waals surface area contributed by atoms with Gasteiger partial charge in [0.25, 0.3) is 0 Å². The second-order valence-electron chi connectivity index (χ2n) is 6.60. The maximum absolute atomic E-state index is 12.6. The molecule has 1 saturated heterocycles. The molecular weight excluding hydrogens is 436 g/mol. The van der Waals surface area contributed by atoms with Crippen molar-refractivity contribution in [1.82, 2.24) is 0 Å². The van der Waals surface area contributed by atoms with Gasteiger partial charge >= 0.3 is 23.9 Å². The van der Waals surface area contributed by atoms with E-state index in [9.17, 15) is 19.2 Å². The summed E-state index contributed by atoms with van der Waals surface area (Å²) < 4.78 is 26.6. The fourth-order valence-electron chi connectivity index (χ4n) is 3.16. The van der Waals surface area contributed by atoms with E-state index in [2.05, 4.69) is 10.0 Å². The minimum atomic E-state index is -1.66. The summed E-state index contributed by atoms with van der Waals surface area (Å²) in [7, 11) is 1.15. The van der Waals surface area contributed by atoms with E-state index >= 15 is 0 Å². The zero-order chi connectivity index (χ0) is 23.8. The molecular formula is C17H26N4O9S. The molecule has 1 aliphatic heterocycles. The summed E-state index contributed by atoms with van der Waals surface area (Å²) in [5, 5.41) is 3.38. The lowest BCUT2D eigenvalue weighted by Gasteiger charge is -2.47. The Morgan fingerprint density at radius 1 is 1.23 bits per heavy atom. The summed E-state index contributed by atoms with van der Waals surface area (Å²) in [6.45, 7) is 2.97. The van der Waals surface area contributed by atoms with Crippen LogP contribution < -0.4 is 5.73 Å². The van der Waals surface area contributed by atoms with Gasteiger partial charge in [-0.1, -0.05) is 5.11 Å². The lowest BCUT2D eigenvalue weighted by Crippen LogP contribution is -2.66. The Bertz CT molecular complexity index is 741. The minimum absolute atomic E-state index is 0.139. The smallest absolute Gasteiger partial charge is 0.348 e. The van der Waals surface area contributed by atoms with E-state index in [1.165, 1.54) is 6.92 Å². The van der Waals surface area contributed by atoms with E-state index in [1.807, 2.05) is 0 Å². The average molecular weight is 462 g/mol. The molecule has 31 heavy (non-hydrogen) atoms. The van der Waals surface area contributed by atoms with E-state index in [0.29, 0.717) is 0 Å². The van der Waals surface area contributed by atoms with Crippen molar-refractivity contribution >= 4 is 35.6 Å². The van der Waals surface area contributed by atoms with Crippen molar-refractivity contribution in [2.45, 2.75) is 62.6 Å². The molecule has 14 heteroatoms. The molecule has 0 aliphatic carbocycles. The first-order chi connectivity index (χ1) is 14.5. The highest BCUT2D eigenvalue weighted by Gasteiger charge is 2.56. The van der Waals surface area contributed by atoms with Crippen molar-refractivity contribution < 1.29 is 42.9 Å². The molecule has 0 aromatic carbocycles. The number of hydrogen-bond acceptors (Lipinski definition) is 12. The summed E-state index contributed by atoms with van der Waals surface area (Å²) in [5.74, 6) is -2.97. The zero-order valence-electron chi connectivity index (χ0n) is 17.8. The Morgan fingerprint density at radius 3 is 2.29 bits per heavy atom. The highest BCUT2D eigenvalue weighted by Crippen LogP contribution is 2.41. The molecule has 0 aromatic heterocycles. The molecule has 6 atom stereocenters. The van der Waals surface area contributed by atoms with Crippen LogP contribution in [-0.4, -0.2) is 79.2 Å². The van der Waals surface area contributed by atoms with Crippen LogP contribution >= 0.6 is 11.8 Å². The first-order valence-electron chi connectivity index (χ1n) is 9.10. The summed E-state index contributed by atoms with van der Waals surface area (Å²) in [6.07, 6.45) is -3.58. The molecule has 2 N–H and O–H groups in total. The molecule has 0 saturated carbocycles. The molecule has 1 heterocycles. The molecule has 0 aromatic rings. The van der Waals surface area contributed by atoms with Crippen LogP contribution in [0.25, 0.3) is 10.4 Å². The number of carbonyl (C=O) groups excluding carboxylic acids is 4. The molecule has 0 spiro atoms. The Hall–Kier alpha value is -2.54. The Morgan fingerprint density at radius 2 is 1.84 bits per heavy atom. The predicted molar refractivity (Wildman–Crippen MR) is 106 cm³/mol. The third-order valence-corrected chi connectivity index (χ3v) is 5.47. The molecule has 1 fully saturated rings. The number of nitrogens with zero attached hydrogens (tertiary/aromatic N) is 3. The van der Waals surface area contributed by atoms with Gasteiger partial charge in [-0.15, -0.1) is 11.8 Å². The van der Waals surface area contributed by atoms with Crippen molar-refractivity contribution in [2.75, 3.05) is 19.9 Å². The lowest BCUT2D eigenvalue weighted by atomic mass is 9.90. The van der Waals surface area contributed by atoms with Gasteiger partial charge in [0.05, 0.1) is 19.7 Å².